The molecular weight excluding hydrogens is 220 g/mol. The molecule has 0 saturated carbocycles. The molecule has 102 valence electrons. The fourth-order valence-corrected chi connectivity index (χ4v) is 2.14. The minimum Gasteiger partial charge on any atom is -0.316 e. The minimum atomic E-state index is 0.590. The van der Waals surface area contributed by atoms with Gasteiger partial charge in [0.1, 0.15) is 0 Å². The summed E-state index contributed by atoms with van der Waals surface area (Å²) in [5.41, 5.74) is 2.84. The van der Waals surface area contributed by atoms with Gasteiger partial charge in [0, 0.05) is 13.1 Å². The van der Waals surface area contributed by atoms with Crippen LogP contribution in [-0.2, 0) is 6.54 Å². The lowest BCUT2D eigenvalue weighted by Crippen LogP contribution is -2.22. The van der Waals surface area contributed by atoms with Crippen molar-refractivity contribution in [2.45, 2.75) is 40.2 Å². The van der Waals surface area contributed by atoms with Crippen LogP contribution in [0.5, 0.6) is 0 Å². The van der Waals surface area contributed by atoms with Crippen LogP contribution in [0.25, 0.3) is 0 Å². The second kappa shape index (κ2) is 8.28. The zero-order valence-corrected chi connectivity index (χ0v) is 12.4. The van der Waals surface area contributed by atoms with Crippen molar-refractivity contribution in [1.29, 1.82) is 0 Å². The molecule has 0 heterocycles. The van der Waals surface area contributed by atoms with E-state index >= 15 is 0 Å². The van der Waals surface area contributed by atoms with Gasteiger partial charge in [0.2, 0.25) is 0 Å². The smallest absolute Gasteiger partial charge is 0.0233 e. The Bertz CT molecular complexity index is 314. The van der Waals surface area contributed by atoms with E-state index in [0.717, 1.165) is 32.7 Å². The van der Waals surface area contributed by atoms with Gasteiger partial charge in [-0.2, -0.15) is 0 Å². The average Bonchev–Trinajstić information content (AvgIpc) is 2.42. The lowest BCUT2D eigenvalue weighted by Gasteiger charge is -2.18. The van der Waals surface area contributed by atoms with Crippen LogP contribution in [0.1, 0.15) is 44.7 Å². The normalized spacial score (nSPS) is 12.9. The summed E-state index contributed by atoms with van der Waals surface area (Å²) in [5, 5.41) is 3.40. The molecule has 0 aromatic heterocycles. The first kappa shape index (κ1) is 15.2. The molecule has 0 amide bonds. The highest BCUT2D eigenvalue weighted by Gasteiger charge is 2.05. The molecule has 0 fully saturated rings. The van der Waals surface area contributed by atoms with E-state index in [1.165, 1.54) is 11.1 Å². The third kappa shape index (κ3) is 4.79. The first-order valence-corrected chi connectivity index (χ1v) is 7.23. The number of benzene rings is 1. The van der Waals surface area contributed by atoms with Crippen LogP contribution >= 0.6 is 0 Å². The van der Waals surface area contributed by atoms with Gasteiger partial charge < -0.3 is 5.32 Å². The first-order chi connectivity index (χ1) is 8.71. The molecule has 1 rings (SSSR count). The minimum absolute atomic E-state index is 0.590. The van der Waals surface area contributed by atoms with Crippen molar-refractivity contribution in [2.75, 3.05) is 26.2 Å². The molecular formula is C16H28N2. The number of likely N-dealkylation sites (N-methyl/N-ethyl adjacent to an activating group) is 1. The van der Waals surface area contributed by atoms with Crippen molar-refractivity contribution in [2.24, 2.45) is 0 Å². The second-order valence-corrected chi connectivity index (χ2v) is 4.91. The third-order valence-corrected chi connectivity index (χ3v) is 3.55. The van der Waals surface area contributed by atoms with E-state index in [1.54, 1.807) is 0 Å². The van der Waals surface area contributed by atoms with Crippen LogP contribution < -0.4 is 5.32 Å². The Labute approximate surface area is 112 Å². The Hall–Kier alpha value is -0.860. The maximum atomic E-state index is 3.40. The van der Waals surface area contributed by atoms with Crippen LogP contribution in [-0.4, -0.2) is 31.1 Å². The van der Waals surface area contributed by atoms with E-state index in [9.17, 15) is 0 Å². The predicted octanol–water partition coefficient (Wildman–Crippen LogP) is 3.24. The summed E-state index contributed by atoms with van der Waals surface area (Å²) >= 11 is 0. The van der Waals surface area contributed by atoms with Crippen LogP contribution in [0.4, 0.5) is 0 Å². The number of rotatable bonds is 8. The molecule has 0 aliphatic heterocycles. The van der Waals surface area contributed by atoms with Gasteiger partial charge in [-0.3, -0.25) is 4.90 Å². The molecule has 0 bridgehead atoms. The lowest BCUT2D eigenvalue weighted by molar-refractivity contribution is 0.296. The van der Waals surface area contributed by atoms with Crippen LogP contribution in [0.3, 0.4) is 0 Å². The van der Waals surface area contributed by atoms with Gasteiger partial charge in [-0.1, -0.05) is 52.0 Å². The summed E-state index contributed by atoms with van der Waals surface area (Å²) < 4.78 is 0. The summed E-state index contributed by atoms with van der Waals surface area (Å²) in [6, 6.07) is 9.11. The fraction of sp³-hybridized carbons (Fsp3) is 0.625. The monoisotopic (exact) mass is 248 g/mol. The van der Waals surface area contributed by atoms with Gasteiger partial charge in [0.05, 0.1) is 0 Å². The highest BCUT2D eigenvalue weighted by Crippen LogP contribution is 2.16. The summed E-state index contributed by atoms with van der Waals surface area (Å²) in [6.45, 7) is 14.3. The van der Waals surface area contributed by atoms with E-state index in [4.69, 9.17) is 0 Å². The Morgan fingerprint density at radius 3 is 2.17 bits per heavy atom. The van der Waals surface area contributed by atoms with Crippen molar-refractivity contribution in [3.05, 3.63) is 35.4 Å². The molecule has 0 saturated heterocycles. The Balaban J connectivity index is 2.56. The van der Waals surface area contributed by atoms with Gasteiger partial charge >= 0.3 is 0 Å². The molecule has 0 spiro atoms. The number of hydrogen-bond acceptors (Lipinski definition) is 2. The lowest BCUT2D eigenvalue weighted by atomic mass is 9.99. The van der Waals surface area contributed by atoms with E-state index in [-0.39, 0.29) is 0 Å². The van der Waals surface area contributed by atoms with E-state index in [1.807, 2.05) is 0 Å². The third-order valence-electron chi connectivity index (χ3n) is 3.55. The predicted molar refractivity (Wildman–Crippen MR) is 80.0 cm³/mol. The maximum Gasteiger partial charge on any atom is 0.0233 e. The largest absolute Gasteiger partial charge is 0.316 e. The highest BCUT2D eigenvalue weighted by atomic mass is 15.1. The van der Waals surface area contributed by atoms with E-state index in [0.29, 0.717) is 5.92 Å². The number of nitrogens with one attached hydrogen (secondary N) is 1. The standard InChI is InChI=1S/C16H28N2/c1-5-17-12-14(4)16-10-8-15(9-11-16)13-18(6-2)7-3/h8-11,14,17H,5-7,12-13H2,1-4H3. The van der Waals surface area contributed by atoms with Gasteiger partial charge in [-0.25, -0.2) is 0 Å². The molecule has 2 heteroatoms. The molecule has 1 atom stereocenters. The molecule has 1 N–H and O–H groups in total. The van der Waals surface area contributed by atoms with Gasteiger partial charge in [0.15, 0.2) is 0 Å². The van der Waals surface area contributed by atoms with Crippen molar-refractivity contribution < 1.29 is 0 Å². The first-order valence-electron chi connectivity index (χ1n) is 7.23. The molecule has 1 aromatic rings. The molecule has 0 radical (unpaired) electrons. The zero-order valence-electron chi connectivity index (χ0n) is 12.4. The van der Waals surface area contributed by atoms with Crippen LogP contribution in [0.15, 0.2) is 24.3 Å². The van der Waals surface area contributed by atoms with Gasteiger partial charge in [-0.05, 0) is 36.7 Å². The van der Waals surface area contributed by atoms with Crippen LogP contribution in [0, 0.1) is 0 Å². The average molecular weight is 248 g/mol. The van der Waals surface area contributed by atoms with Crippen LogP contribution in [0.2, 0.25) is 0 Å². The Morgan fingerprint density at radius 1 is 1.06 bits per heavy atom. The topological polar surface area (TPSA) is 15.3 Å². The number of hydrogen-bond donors (Lipinski definition) is 1. The molecule has 0 aliphatic carbocycles. The van der Waals surface area contributed by atoms with Crippen molar-refractivity contribution >= 4 is 0 Å². The van der Waals surface area contributed by atoms with Gasteiger partial charge in [-0.15, -0.1) is 0 Å². The Kier molecular flexibility index (Phi) is 6.99. The number of nitrogens with zero attached hydrogens (tertiary/aromatic N) is 1. The van der Waals surface area contributed by atoms with Gasteiger partial charge in [0.25, 0.3) is 0 Å². The highest BCUT2D eigenvalue weighted by molar-refractivity contribution is 5.25. The Morgan fingerprint density at radius 2 is 1.67 bits per heavy atom. The molecule has 2 nitrogen and oxygen atoms in total. The molecule has 0 aliphatic rings. The summed E-state index contributed by atoms with van der Waals surface area (Å²) in [4.78, 5) is 2.44. The molecule has 1 aromatic carbocycles. The van der Waals surface area contributed by atoms with Crippen molar-refractivity contribution in [3.63, 3.8) is 0 Å². The SMILES string of the molecule is CCNCC(C)c1ccc(CN(CC)CC)cc1. The summed E-state index contributed by atoms with van der Waals surface area (Å²) in [7, 11) is 0. The van der Waals surface area contributed by atoms with Crippen molar-refractivity contribution in [1.82, 2.24) is 10.2 Å². The van der Waals surface area contributed by atoms with E-state index < -0.39 is 0 Å². The zero-order chi connectivity index (χ0) is 13.4. The summed E-state index contributed by atoms with van der Waals surface area (Å²) in [6.07, 6.45) is 0. The van der Waals surface area contributed by atoms with E-state index in [2.05, 4.69) is 62.2 Å². The van der Waals surface area contributed by atoms with Crippen molar-refractivity contribution in [3.8, 4) is 0 Å². The second-order valence-electron chi connectivity index (χ2n) is 4.91. The fourth-order valence-electron chi connectivity index (χ4n) is 2.14. The summed E-state index contributed by atoms with van der Waals surface area (Å²) in [5.74, 6) is 0.590. The molecule has 1 unspecified atom stereocenters. The quantitative estimate of drug-likeness (QED) is 0.760. The molecule has 18 heavy (non-hydrogen) atoms. The maximum absolute atomic E-state index is 3.40.